The molecule has 7 nitrogen and oxygen atoms in total. The van der Waals surface area contributed by atoms with Crippen LogP contribution in [0.4, 0.5) is 11.4 Å². The molecule has 2 aromatic rings. The van der Waals surface area contributed by atoms with E-state index in [1.807, 2.05) is 19.1 Å². The molecular formula is C19H19ClN2O5. The van der Waals surface area contributed by atoms with Crippen molar-refractivity contribution in [3.05, 3.63) is 62.7 Å². The normalized spacial score (nSPS) is 16.1. The van der Waals surface area contributed by atoms with Gasteiger partial charge in [0.2, 0.25) is 0 Å². The number of rotatable bonds is 6. The topological polar surface area (TPSA) is 90.7 Å². The van der Waals surface area contributed by atoms with E-state index >= 15 is 0 Å². The number of aryl methyl sites for hydroxylation is 1. The summed E-state index contributed by atoms with van der Waals surface area (Å²) in [5.41, 5.74) is 1.26. The molecule has 8 heteroatoms. The number of non-ortho nitro benzene ring substituents is 1. The zero-order valence-electron chi connectivity index (χ0n) is 14.7. The van der Waals surface area contributed by atoms with E-state index in [9.17, 15) is 14.9 Å². The maximum Gasteiger partial charge on any atom is 0.270 e. The average Bonchev–Trinajstić information content (AvgIpc) is 3.15. The molecule has 1 amide bonds. The van der Waals surface area contributed by atoms with E-state index in [1.54, 1.807) is 6.07 Å². The van der Waals surface area contributed by atoms with Gasteiger partial charge < -0.3 is 14.8 Å². The number of anilines is 1. The fourth-order valence-electron chi connectivity index (χ4n) is 2.80. The van der Waals surface area contributed by atoms with Gasteiger partial charge in [0, 0.05) is 18.7 Å². The summed E-state index contributed by atoms with van der Waals surface area (Å²) in [6, 6.07) is 9.12. The van der Waals surface area contributed by atoms with Crippen molar-refractivity contribution in [3.8, 4) is 5.75 Å². The van der Waals surface area contributed by atoms with Crippen LogP contribution in [-0.2, 0) is 4.74 Å². The van der Waals surface area contributed by atoms with E-state index in [0.29, 0.717) is 18.0 Å². The number of hydrogen-bond acceptors (Lipinski definition) is 5. The predicted molar refractivity (Wildman–Crippen MR) is 102 cm³/mol. The molecule has 2 aromatic carbocycles. The number of carbonyl (C=O) groups is 1. The predicted octanol–water partition coefficient (Wildman–Crippen LogP) is 4.37. The van der Waals surface area contributed by atoms with Crippen LogP contribution in [0.25, 0.3) is 0 Å². The Bertz CT molecular complexity index is 865. The standard InChI is InChI=1S/C19H19ClN2O5/c1-12-4-7-17(18(9-12)27-11-14-3-2-8-26-14)21-19(23)15-10-13(22(24)25)5-6-16(15)20/h4-7,9-10,14H,2-3,8,11H2,1H3,(H,21,23). The van der Waals surface area contributed by atoms with Gasteiger partial charge >= 0.3 is 0 Å². The Morgan fingerprint density at radius 3 is 2.89 bits per heavy atom. The lowest BCUT2D eigenvalue weighted by atomic mass is 10.1. The number of ether oxygens (including phenoxy) is 2. The van der Waals surface area contributed by atoms with Gasteiger partial charge in [0.25, 0.3) is 11.6 Å². The molecule has 0 bridgehead atoms. The summed E-state index contributed by atoms with van der Waals surface area (Å²) in [4.78, 5) is 23.0. The van der Waals surface area contributed by atoms with E-state index in [1.165, 1.54) is 12.1 Å². The third kappa shape index (κ3) is 4.75. The molecule has 1 aliphatic rings. The Morgan fingerprint density at radius 2 is 2.19 bits per heavy atom. The molecule has 1 saturated heterocycles. The monoisotopic (exact) mass is 390 g/mol. The van der Waals surface area contributed by atoms with Crippen LogP contribution in [0.15, 0.2) is 36.4 Å². The van der Waals surface area contributed by atoms with Crippen molar-refractivity contribution in [2.75, 3.05) is 18.5 Å². The molecular weight excluding hydrogens is 372 g/mol. The molecule has 27 heavy (non-hydrogen) atoms. The smallest absolute Gasteiger partial charge is 0.270 e. The highest BCUT2D eigenvalue weighted by molar-refractivity contribution is 6.34. The zero-order valence-corrected chi connectivity index (χ0v) is 15.5. The van der Waals surface area contributed by atoms with Crippen molar-refractivity contribution >= 4 is 28.9 Å². The van der Waals surface area contributed by atoms with Crippen molar-refractivity contribution in [1.82, 2.24) is 0 Å². The minimum atomic E-state index is -0.574. The van der Waals surface area contributed by atoms with Gasteiger partial charge in [-0.2, -0.15) is 0 Å². The second kappa shape index (κ2) is 8.37. The van der Waals surface area contributed by atoms with E-state index in [-0.39, 0.29) is 22.4 Å². The van der Waals surface area contributed by atoms with Gasteiger partial charge in [-0.15, -0.1) is 0 Å². The van der Waals surface area contributed by atoms with Crippen LogP contribution in [0.5, 0.6) is 5.75 Å². The highest BCUT2D eigenvalue weighted by Gasteiger charge is 2.19. The first-order chi connectivity index (χ1) is 12.9. The summed E-state index contributed by atoms with van der Waals surface area (Å²) < 4.78 is 11.4. The summed E-state index contributed by atoms with van der Waals surface area (Å²) in [7, 11) is 0. The van der Waals surface area contributed by atoms with Crippen molar-refractivity contribution < 1.29 is 19.2 Å². The third-order valence-electron chi connectivity index (χ3n) is 4.24. The molecule has 3 rings (SSSR count). The van der Waals surface area contributed by atoms with Gasteiger partial charge in [0.1, 0.15) is 12.4 Å². The number of nitro benzene ring substituents is 1. The summed E-state index contributed by atoms with van der Waals surface area (Å²) >= 11 is 6.04. The quantitative estimate of drug-likeness (QED) is 0.584. The molecule has 0 aliphatic carbocycles. The second-order valence-corrected chi connectivity index (χ2v) is 6.73. The molecule has 1 fully saturated rings. The van der Waals surface area contributed by atoms with Gasteiger partial charge in [0.15, 0.2) is 0 Å². The molecule has 1 heterocycles. The molecule has 0 radical (unpaired) electrons. The van der Waals surface area contributed by atoms with Crippen molar-refractivity contribution in [3.63, 3.8) is 0 Å². The van der Waals surface area contributed by atoms with Crippen molar-refractivity contribution in [2.24, 2.45) is 0 Å². The van der Waals surface area contributed by atoms with E-state index < -0.39 is 10.8 Å². The Morgan fingerprint density at radius 1 is 1.37 bits per heavy atom. The first-order valence-electron chi connectivity index (χ1n) is 8.54. The summed E-state index contributed by atoms with van der Waals surface area (Å²) in [6.45, 7) is 3.04. The largest absolute Gasteiger partial charge is 0.489 e. The van der Waals surface area contributed by atoms with Crippen LogP contribution in [0.2, 0.25) is 5.02 Å². The molecule has 142 valence electrons. The number of carbonyl (C=O) groups excluding carboxylic acids is 1. The van der Waals surface area contributed by atoms with Crippen LogP contribution < -0.4 is 10.1 Å². The molecule has 0 saturated carbocycles. The average molecular weight is 391 g/mol. The number of nitrogens with zero attached hydrogens (tertiary/aromatic N) is 1. The molecule has 1 aliphatic heterocycles. The lowest BCUT2D eigenvalue weighted by Gasteiger charge is -2.16. The first kappa shape index (κ1) is 19.1. The Labute approximate surface area is 161 Å². The summed E-state index contributed by atoms with van der Waals surface area (Å²) in [6.07, 6.45) is 1.99. The SMILES string of the molecule is Cc1ccc(NC(=O)c2cc([N+](=O)[O-])ccc2Cl)c(OCC2CCCO2)c1. The van der Waals surface area contributed by atoms with Crippen LogP contribution in [-0.4, -0.2) is 30.1 Å². The van der Waals surface area contributed by atoms with Gasteiger partial charge in [-0.1, -0.05) is 17.7 Å². The molecule has 1 unspecified atom stereocenters. The first-order valence-corrected chi connectivity index (χ1v) is 8.92. The van der Waals surface area contributed by atoms with Gasteiger partial charge in [-0.05, 0) is 43.5 Å². The van der Waals surface area contributed by atoms with E-state index in [4.69, 9.17) is 21.1 Å². The van der Waals surface area contributed by atoms with Crippen LogP contribution >= 0.6 is 11.6 Å². The molecule has 1 N–H and O–H groups in total. The van der Waals surface area contributed by atoms with Crippen molar-refractivity contribution in [1.29, 1.82) is 0 Å². The van der Waals surface area contributed by atoms with Crippen molar-refractivity contribution in [2.45, 2.75) is 25.9 Å². The van der Waals surface area contributed by atoms with E-state index in [0.717, 1.165) is 31.1 Å². The maximum atomic E-state index is 12.6. The highest BCUT2D eigenvalue weighted by atomic mass is 35.5. The number of amides is 1. The summed E-state index contributed by atoms with van der Waals surface area (Å²) in [5.74, 6) is -0.0325. The number of halogens is 1. The van der Waals surface area contributed by atoms with Gasteiger partial charge in [-0.3, -0.25) is 14.9 Å². The minimum absolute atomic E-state index is 0.0246. The highest BCUT2D eigenvalue weighted by Crippen LogP contribution is 2.29. The second-order valence-electron chi connectivity index (χ2n) is 6.32. The Kier molecular flexibility index (Phi) is 5.93. The number of hydrogen-bond donors (Lipinski definition) is 1. The van der Waals surface area contributed by atoms with E-state index in [2.05, 4.69) is 5.32 Å². The molecule has 0 aromatic heterocycles. The number of nitro groups is 1. The third-order valence-corrected chi connectivity index (χ3v) is 4.57. The number of benzene rings is 2. The van der Waals surface area contributed by atoms with Crippen LogP contribution in [0.3, 0.4) is 0 Å². The zero-order chi connectivity index (χ0) is 19.4. The molecule has 0 spiro atoms. The summed E-state index contributed by atoms with van der Waals surface area (Å²) in [5, 5.41) is 13.8. The fraction of sp³-hybridized carbons (Fsp3) is 0.316. The Balaban J connectivity index is 1.79. The Hall–Kier alpha value is -2.64. The lowest BCUT2D eigenvalue weighted by molar-refractivity contribution is -0.384. The molecule has 1 atom stereocenters. The maximum absolute atomic E-state index is 12.6. The minimum Gasteiger partial charge on any atom is -0.489 e. The van der Waals surface area contributed by atoms with Gasteiger partial charge in [0.05, 0.1) is 27.3 Å². The van der Waals surface area contributed by atoms with Crippen LogP contribution in [0, 0.1) is 17.0 Å². The fourth-order valence-corrected chi connectivity index (χ4v) is 3.00. The number of nitrogens with one attached hydrogen (secondary N) is 1. The van der Waals surface area contributed by atoms with Crippen LogP contribution in [0.1, 0.15) is 28.8 Å². The van der Waals surface area contributed by atoms with Gasteiger partial charge in [-0.25, -0.2) is 0 Å². The lowest BCUT2D eigenvalue weighted by Crippen LogP contribution is -2.18.